The number of hydrogen-bond acceptors (Lipinski definition) is 2. The van der Waals surface area contributed by atoms with Gasteiger partial charge in [-0.25, -0.2) is 0 Å². The molecule has 0 unspecified atom stereocenters. The van der Waals surface area contributed by atoms with Crippen LogP contribution in [0.3, 0.4) is 0 Å². The lowest BCUT2D eigenvalue weighted by Crippen LogP contribution is -2.45. The number of carbonyl (C=O) groups excluding carboxylic acids is 2. The lowest BCUT2D eigenvalue weighted by atomic mass is 9.95. The van der Waals surface area contributed by atoms with Gasteiger partial charge in [0.2, 0.25) is 5.91 Å². The second-order valence-corrected chi connectivity index (χ2v) is 7.42. The third kappa shape index (κ3) is 1.98. The summed E-state index contributed by atoms with van der Waals surface area (Å²) in [5.41, 5.74) is 1.56. The van der Waals surface area contributed by atoms with E-state index in [1.54, 1.807) is 4.90 Å². The first-order chi connectivity index (χ1) is 11.7. The predicted molar refractivity (Wildman–Crippen MR) is 93.0 cm³/mol. The fourth-order valence-electron chi connectivity index (χ4n) is 4.95. The topological polar surface area (TPSA) is 49.4 Å². The Labute approximate surface area is 140 Å². The fourth-order valence-corrected chi connectivity index (χ4v) is 4.95. The van der Waals surface area contributed by atoms with Crippen LogP contribution < -0.4 is 10.2 Å². The van der Waals surface area contributed by atoms with E-state index in [2.05, 4.69) is 5.32 Å². The molecular formula is C20H20N2O2. The molecule has 2 amide bonds. The second-order valence-electron chi connectivity index (χ2n) is 7.42. The Morgan fingerprint density at radius 3 is 2.71 bits per heavy atom. The smallest absolute Gasteiger partial charge is 0.259 e. The number of hydrogen-bond donors (Lipinski definition) is 1. The number of carbonyl (C=O) groups is 2. The lowest BCUT2D eigenvalue weighted by Gasteiger charge is -2.24. The molecule has 2 fully saturated rings. The van der Waals surface area contributed by atoms with Gasteiger partial charge in [-0.3, -0.25) is 14.5 Å². The summed E-state index contributed by atoms with van der Waals surface area (Å²) in [7, 11) is 0. The minimum Gasteiger partial charge on any atom is -0.352 e. The van der Waals surface area contributed by atoms with E-state index in [1.807, 2.05) is 36.4 Å². The Kier molecular flexibility index (Phi) is 2.96. The normalized spacial score (nSPS) is 27.2. The van der Waals surface area contributed by atoms with Gasteiger partial charge in [0, 0.05) is 17.0 Å². The zero-order valence-corrected chi connectivity index (χ0v) is 13.5. The Balaban J connectivity index is 1.37. The molecule has 1 aliphatic heterocycles. The van der Waals surface area contributed by atoms with Crippen molar-refractivity contribution < 1.29 is 9.59 Å². The zero-order chi connectivity index (χ0) is 16.3. The van der Waals surface area contributed by atoms with Gasteiger partial charge in [-0.1, -0.05) is 30.7 Å². The van der Waals surface area contributed by atoms with Crippen molar-refractivity contribution in [3.05, 3.63) is 42.0 Å². The Morgan fingerprint density at radius 1 is 1.12 bits per heavy atom. The summed E-state index contributed by atoms with van der Waals surface area (Å²) in [5.74, 6) is 1.34. The SMILES string of the molecule is O=C(CN1C(=O)c2cccc3cccc1c23)N[C@@H]1C[C@@H]2CC[C@H]1C2. The molecule has 4 heteroatoms. The molecule has 2 bridgehead atoms. The molecule has 4 nitrogen and oxygen atoms in total. The molecule has 2 saturated carbocycles. The molecule has 24 heavy (non-hydrogen) atoms. The minimum absolute atomic E-state index is 0.0364. The summed E-state index contributed by atoms with van der Waals surface area (Å²) in [4.78, 5) is 26.9. The summed E-state index contributed by atoms with van der Waals surface area (Å²) in [6.45, 7) is 0.112. The first-order valence-electron chi connectivity index (χ1n) is 8.83. The molecule has 1 N–H and O–H groups in total. The Bertz CT molecular complexity index is 855. The quantitative estimate of drug-likeness (QED) is 0.945. The molecule has 0 aromatic heterocycles. The molecule has 122 valence electrons. The molecule has 3 atom stereocenters. The van der Waals surface area contributed by atoms with Gasteiger partial charge in [-0.15, -0.1) is 0 Å². The summed E-state index contributed by atoms with van der Waals surface area (Å²) in [6.07, 6.45) is 4.93. The molecule has 3 aliphatic rings. The molecule has 2 aromatic rings. The monoisotopic (exact) mass is 320 g/mol. The van der Waals surface area contributed by atoms with Crippen molar-refractivity contribution in [3.63, 3.8) is 0 Å². The van der Waals surface area contributed by atoms with Crippen LogP contribution in [0.5, 0.6) is 0 Å². The number of benzene rings is 2. The van der Waals surface area contributed by atoms with Crippen molar-refractivity contribution in [1.29, 1.82) is 0 Å². The van der Waals surface area contributed by atoms with E-state index in [4.69, 9.17) is 0 Å². The van der Waals surface area contributed by atoms with Gasteiger partial charge in [0.1, 0.15) is 6.54 Å². The van der Waals surface area contributed by atoms with Crippen LogP contribution in [-0.4, -0.2) is 24.4 Å². The molecule has 0 radical (unpaired) electrons. The third-order valence-corrected chi connectivity index (χ3v) is 6.04. The highest BCUT2D eigenvalue weighted by atomic mass is 16.2. The first kappa shape index (κ1) is 14.0. The second kappa shape index (κ2) is 5.07. The highest BCUT2D eigenvalue weighted by Gasteiger charge is 2.40. The highest BCUT2D eigenvalue weighted by molar-refractivity contribution is 6.26. The van der Waals surface area contributed by atoms with E-state index < -0.39 is 0 Å². The third-order valence-electron chi connectivity index (χ3n) is 6.04. The maximum atomic E-state index is 12.7. The van der Waals surface area contributed by atoms with E-state index in [1.165, 1.54) is 19.3 Å². The van der Waals surface area contributed by atoms with E-state index in [-0.39, 0.29) is 18.4 Å². The van der Waals surface area contributed by atoms with Crippen LogP contribution in [0.4, 0.5) is 5.69 Å². The van der Waals surface area contributed by atoms with Gasteiger partial charge in [0.15, 0.2) is 0 Å². The van der Waals surface area contributed by atoms with Crippen LogP contribution >= 0.6 is 0 Å². The summed E-state index contributed by atoms with van der Waals surface area (Å²) in [5, 5.41) is 5.20. The number of fused-ring (bicyclic) bond motifs is 2. The van der Waals surface area contributed by atoms with Crippen LogP contribution in [0, 0.1) is 11.8 Å². The molecule has 1 heterocycles. The standard InChI is InChI=1S/C20H20N2O2/c23-18(21-16-10-12-7-8-14(16)9-12)11-22-17-6-2-4-13-3-1-5-15(19(13)17)20(22)24/h1-6,12,14,16H,7-11H2,(H,21,23)/t12-,14+,16-/m1/s1. The van der Waals surface area contributed by atoms with Crippen LogP contribution in [0.2, 0.25) is 0 Å². The molecule has 2 aliphatic carbocycles. The minimum atomic E-state index is -0.0649. The van der Waals surface area contributed by atoms with Crippen molar-refractivity contribution in [2.45, 2.75) is 31.7 Å². The summed E-state index contributed by atoms with van der Waals surface area (Å²) >= 11 is 0. The van der Waals surface area contributed by atoms with Crippen molar-refractivity contribution >= 4 is 28.3 Å². The Morgan fingerprint density at radius 2 is 1.96 bits per heavy atom. The molecule has 0 spiro atoms. The van der Waals surface area contributed by atoms with E-state index >= 15 is 0 Å². The number of rotatable bonds is 3. The molecule has 0 saturated heterocycles. The number of anilines is 1. The van der Waals surface area contributed by atoms with Crippen LogP contribution in [-0.2, 0) is 4.79 Å². The largest absolute Gasteiger partial charge is 0.352 e. The Hall–Kier alpha value is -2.36. The van der Waals surface area contributed by atoms with Gasteiger partial charge in [-0.05, 0) is 48.6 Å². The van der Waals surface area contributed by atoms with Crippen molar-refractivity contribution in [1.82, 2.24) is 5.32 Å². The predicted octanol–water partition coefficient (Wildman–Crippen LogP) is 3.10. The first-order valence-corrected chi connectivity index (χ1v) is 8.83. The van der Waals surface area contributed by atoms with Crippen molar-refractivity contribution in [2.75, 3.05) is 11.4 Å². The average Bonchev–Trinajstić information content (AvgIpc) is 3.26. The van der Waals surface area contributed by atoms with Gasteiger partial charge < -0.3 is 5.32 Å². The van der Waals surface area contributed by atoms with Gasteiger partial charge in [0.25, 0.3) is 5.91 Å². The number of nitrogens with one attached hydrogen (secondary N) is 1. The molecule has 2 aromatic carbocycles. The lowest BCUT2D eigenvalue weighted by molar-refractivity contribution is -0.120. The van der Waals surface area contributed by atoms with Crippen LogP contribution in [0.25, 0.3) is 10.8 Å². The van der Waals surface area contributed by atoms with Crippen molar-refractivity contribution in [3.8, 4) is 0 Å². The van der Waals surface area contributed by atoms with Crippen LogP contribution in [0.15, 0.2) is 36.4 Å². The average molecular weight is 320 g/mol. The van der Waals surface area contributed by atoms with E-state index in [0.29, 0.717) is 17.5 Å². The maximum Gasteiger partial charge on any atom is 0.259 e. The van der Waals surface area contributed by atoms with E-state index in [9.17, 15) is 9.59 Å². The van der Waals surface area contributed by atoms with Crippen molar-refractivity contribution in [2.24, 2.45) is 11.8 Å². The van der Waals surface area contributed by atoms with E-state index in [0.717, 1.165) is 28.8 Å². The fraction of sp³-hybridized carbons (Fsp3) is 0.400. The van der Waals surface area contributed by atoms with Crippen LogP contribution in [0.1, 0.15) is 36.0 Å². The molecule has 5 rings (SSSR count). The maximum absolute atomic E-state index is 12.7. The number of amides is 2. The number of nitrogens with zero attached hydrogens (tertiary/aromatic N) is 1. The molecular weight excluding hydrogens is 300 g/mol. The summed E-state index contributed by atoms with van der Waals surface area (Å²) in [6, 6.07) is 12.0. The zero-order valence-electron chi connectivity index (χ0n) is 13.5. The summed E-state index contributed by atoms with van der Waals surface area (Å²) < 4.78 is 0. The van der Waals surface area contributed by atoms with Gasteiger partial charge >= 0.3 is 0 Å². The van der Waals surface area contributed by atoms with Gasteiger partial charge in [-0.2, -0.15) is 0 Å². The van der Waals surface area contributed by atoms with Gasteiger partial charge in [0.05, 0.1) is 5.69 Å². The highest BCUT2D eigenvalue weighted by Crippen LogP contribution is 2.44.